The Kier molecular flexibility index (Phi) is 32.1. The Balaban J connectivity index is 0. The van der Waals surface area contributed by atoms with Gasteiger partial charge in [-0.3, -0.25) is 9.59 Å². The standard InChI is InChI=1S/C24H48O2.C9H18O2/c1-3-5-7-9-11-13-14-16-18-20-22-23(24(25)26)21-19-17-15-12-10-8-6-4-2;1-3-4-5-6-7-8(2)9(10)11/h23H,3-22H2,1-2H3,(H,25,26);8H,3-7H2,1-2H3,(H,10,11). The normalized spacial score (nSPS) is 12.5. The second kappa shape index (κ2) is 31.2. The maximum atomic E-state index is 11.4. The van der Waals surface area contributed by atoms with E-state index in [9.17, 15) is 14.7 Å². The first kappa shape index (κ1) is 38.1. The largest absolute Gasteiger partial charge is 0.481 e. The van der Waals surface area contributed by atoms with Crippen LogP contribution in [0.2, 0.25) is 0 Å². The fraction of sp³-hybridized carbons (Fsp3) is 0.939. The highest BCUT2D eigenvalue weighted by Gasteiger charge is 2.16. The van der Waals surface area contributed by atoms with Crippen molar-refractivity contribution in [3.05, 3.63) is 0 Å². The van der Waals surface area contributed by atoms with E-state index in [1.165, 1.54) is 122 Å². The first-order valence-corrected chi connectivity index (χ1v) is 16.4. The topological polar surface area (TPSA) is 74.6 Å². The van der Waals surface area contributed by atoms with Crippen molar-refractivity contribution in [3.63, 3.8) is 0 Å². The summed E-state index contributed by atoms with van der Waals surface area (Å²) in [6, 6.07) is 0. The van der Waals surface area contributed by atoms with Gasteiger partial charge in [-0.15, -0.1) is 0 Å². The number of carbonyl (C=O) groups is 2. The molecule has 222 valence electrons. The number of carboxylic acids is 2. The van der Waals surface area contributed by atoms with Crippen LogP contribution in [0.25, 0.3) is 0 Å². The van der Waals surface area contributed by atoms with Crippen molar-refractivity contribution in [1.29, 1.82) is 0 Å². The number of aliphatic carboxylic acids is 2. The Morgan fingerprint density at radius 2 is 0.703 bits per heavy atom. The molecule has 0 aromatic heterocycles. The fourth-order valence-corrected chi connectivity index (χ4v) is 4.79. The van der Waals surface area contributed by atoms with Crippen LogP contribution in [0.5, 0.6) is 0 Å². The van der Waals surface area contributed by atoms with E-state index in [1.54, 1.807) is 6.92 Å². The molecule has 2 N–H and O–H groups in total. The summed E-state index contributed by atoms with van der Waals surface area (Å²) in [5, 5.41) is 18.0. The molecule has 0 aliphatic carbocycles. The molecular weight excluding hydrogens is 460 g/mol. The smallest absolute Gasteiger partial charge is 0.306 e. The van der Waals surface area contributed by atoms with Crippen LogP contribution in [0, 0.1) is 11.8 Å². The molecule has 0 bridgehead atoms. The van der Waals surface area contributed by atoms with Gasteiger partial charge in [0.05, 0.1) is 11.8 Å². The van der Waals surface area contributed by atoms with Gasteiger partial charge in [-0.1, -0.05) is 169 Å². The summed E-state index contributed by atoms with van der Waals surface area (Å²) in [6.45, 7) is 8.44. The van der Waals surface area contributed by atoms with Gasteiger partial charge in [0, 0.05) is 0 Å². The lowest BCUT2D eigenvalue weighted by Crippen LogP contribution is -2.13. The van der Waals surface area contributed by atoms with Crippen LogP contribution in [0.15, 0.2) is 0 Å². The summed E-state index contributed by atoms with van der Waals surface area (Å²) in [4.78, 5) is 21.8. The molecule has 0 spiro atoms. The van der Waals surface area contributed by atoms with Crippen molar-refractivity contribution in [2.75, 3.05) is 0 Å². The third-order valence-electron chi connectivity index (χ3n) is 7.57. The average molecular weight is 527 g/mol. The Labute approximate surface area is 231 Å². The lowest BCUT2D eigenvalue weighted by molar-refractivity contribution is -0.142. The van der Waals surface area contributed by atoms with E-state index in [2.05, 4.69) is 20.8 Å². The molecule has 0 saturated carbocycles. The summed E-state index contributed by atoms with van der Waals surface area (Å²) in [5.74, 6) is -1.48. The summed E-state index contributed by atoms with van der Waals surface area (Å²) >= 11 is 0. The quantitative estimate of drug-likeness (QED) is 0.104. The lowest BCUT2D eigenvalue weighted by Gasteiger charge is -2.12. The van der Waals surface area contributed by atoms with Gasteiger partial charge in [0.15, 0.2) is 0 Å². The number of carboxylic acid groups (broad SMARTS) is 2. The van der Waals surface area contributed by atoms with Crippen LogP contribution in [0.4, 0.5) is 0 Å². The SMILES string of the molecule is CCCCCCC(C)C(=O)O.CCCCCCCCCCCCC(CCCCCCCCCC)C(=O)O. The molecule has 0 rings (SSSR count). The monoisotopic (exact) mass is 526 g/mol. The van der Waals surface area contributed by atoms with Crippen molar-refractivity contribution in [3.8, 4) is 0 Å². The summed E-state index contributed by atoms with van der Waals surface area (Å²) in [6.07, 6.45) is 30.8. The molecule has 0 aliphatic heterocycles. The minimum atomic E-state index is -0.665. The van der Waals surface area contributed by atoms with Crippen LogP contribution < -0.4 is 0 Å². The summed E-state index contributed by atoms with van der Waals surface area (Å²) in [5.41, 5.74) is 0. The van der Waals surface area contributed by atoms with Crippen LogP contribution >= 0.6 is 0 Å². The van der Waals surface area contributed by atoms with Gasteiger partial charge in [0.25, 0.3) is 0 Å². The number of rotatable bonds is 27. The van der Waals surface area contributed by atoms with Crippen LogP contribution in [-0.4, -0.2) is 22.2 Å². The Hall–Kier alpha value is -1.06. The Morgan fingerprint density at radius 3 is 1.00 bits per heavy atom. The molecule has 2 atom stereocenters. The van der Waals surface area contributed by atoms with Crippen molar-refractivity contribution in [2.24, 2.45) is 11.8 Å². The molecule has 0 aromatic rings. The summed E-state index contributed by atoms with van der Waals surface area (Å²) in [7, 11) is 0. The highest BCUT2D eigenvalue weighted by molar-refractivity contribution is 5.70. The predicted octanol–water partition coefficient (Wildman–Crippen LogP) is 11.2. The van der Waals surface area contributed by atoms with Crippen molar-refractivity contribution >= 4 is 11.9 Å². The number of hydrogen-bond donors (Lipinski definition) is 2. The zero-order valence-electron chi connectivity index (χ0n) is 25.5. The van der Waals surface area contributed by atoms with E-state index in [4.69, 9.17) is 5.11 Å². The molecule has 0 fully saturated rings. The number of unbranched alkanes of at least 4 members (excludes halogenated alkanes) is 19. The maximum Gasteiger partial charge on any atom is 0.306 e. The molecule has 0 amide bonds. The molecule has 0 saturated heterocycles. The molecule has 37 heavy (non-hydrogen) atoms. The van der Waals surface area contributed by atoms with Gasteiger partial charge >= 0.3 is 11.9 Å². The third kappa shape index (κ3) is 31.1. The first-order valence-electron chi connectivity index (χ1n) is 16.4. The molecule has 2 unspecified atom stereocenters. The van der Waals surface area contributed by atoms with Crippen molar-refractivity contribution in [2.45, 2.75) is 188 Å². The number of hydrogen-bond acceptors (Lipinski definition) is 2. The van der Waals surface area contributed by atoms with Gasteiger partial charge in [-0.05, 0) is 19.3 Å². The molecule has 0 radical (unpaired) electrons. The van der Waals surface area contributed by atoms with Crippen LogP contribution in [0.3, 0.4) is 0 Å². The van der Waals surface area contributed by atoms with Crippen molar-refractivity contribution < 1.29 is 19.8 Å². The highest BCUT2D eigenvalue weighted by atomic mass is 16.4. The Bertz CT molecular complexity index is 477. The zero-order chi connectivity index (χ0) is 28.0. The minimum Gasteiger partial charge on any atom is -0.481 e. The predicted molar refractivity (Wildman–Crippen MR) is 160 cm³/mol. The molecule has 4 heteroatoms. The van der Waals surface area contributed by atoms with Crippen LogP contribution in [0.1, 0.15) is 188 Å². The van der Waals surface area contributed by atoms with Gasteiger partial charge < -0.3 is 10.2 Å². The van der Waals surface area contributed by atoms with E-state index < -0.39 is 11.9 Å². The van der Waals surface area contributed by atoms with Gasteiger partial charge in [0.1, 0.15) is 0 Å². The second-order valence-electron chi connectivity index (χ2n) is 11.4. The second-order valence-corrected chi connectivity index (χ2v) is 11.4. The van der Waals surface area contributed by atoms with Gasteiger partial charge in [-0.2, -0.15) is 0 Å². The average Bonchev–Trinajstić information content (AvgIpc) is 2.88. The lowest BCUT2D eigenvalue weighted by atomic mass is 9.94. The van der Waals surface area contributed by atoms with Crippen LogP contribution in [-0.2, 0) is 9.59 Å². The van der Waals surface area contributed by atoms with E-state index in [0.29, 0.717) is 0 Å². The summed E-state index contributed by atoms with van der Waals surface area (Å²) < 4.78 is 0. The van der Waals surface area contributed by atoms with Gasteiger partial charge in [-0.25, -0.2) is 0 Å². The molecule has 4 nitrogen and oxygen atoms in total. The third-order valence-corrected chi connectivity index (χ3v) is 7.57. The molecule has 0 aliphatic rings. The van der Waals surface area contributed by atoms with E-state index >= 15 is 0 Å². The fourth-order valence-electron chi connectivity index (χ4n) is 4.79. The maximum absolute atomic E-state index is 11.4. The minimum absolute atomic E-state index is 0.0934. The Morgan fingerprint density at radius 1 is 0.432 bits per heavy atom. The highest BCUT2D eigenvalue weighted by Crippen LogP contribution is 2.20. The van der Waals surface area contributed by atoms with E-state index in [-0.39, 0.29) is 11.8 Å². The molecule has 0 aromatic carbocycles. The molecule has 0 heterocycles. The zero-order valence-corrected chi connectivity index (χ0v) is 25.5. The van der Waals surface area contributed by atoms with Gasteiger partial charge in [0.2, 0.25) is 0 Å². The van der Waals surface area contributed by atoms with E-state index in [0.717, 1.165) is 38.5 Å². The van der Waals surface area contributed by atoms with Crippen molar-refractivity contribution in [1.82, 2.24) is 0 Å². The first-order chi connectivity index (χ1) is 17.9. The molecular formula is C33H66O4. The van der Waals surface area contributed by atoms with E-state index in [1.807, 2.05) is 0 Å².